The van der Waals surface area contributed by atoms with Crippen molar-refractivity contribution in [3.63, 3.8) is 0 Å². The largest absolute Gasteiger partial charge is 0.495 e. The zero-order valence-electron chi connectivity index (χ0n) is 20.3. The highest BCUT2D eigenvalue weighted by Gasteiger charge is 2.34. The first kappa shape index (κ1) is 31.4. The minimum Gasteiger partial charge on any atom is -0.495 e. The van der Waals surface area contributed by atoms with Crippen LogP contribution >= 0.6 is 0 Å². The lowest BCUT2D eigenvalue weighted by Crippen LogP contribution is -2.33. The summed E-state index contributed by atoms with van der Waals surface area (Å²) in [7, 11) is 3.03. The number of aliphatic imine (C=N–C) groups is 1. The van der Waals surface area contributed by atoms with Crippen molar-refractivity contribution in [1.82, 2.24) is 4.90 Å². The average Bonchev–Trinajstić information content (AvgIpc) is 2.88. The summed E-state index contributed by atoms with van der Waals surface area (Å²) < 4.78 is 44.4. The number of hydrogen-bond donors (Lipinski definition) is 6. The molecule has 12 heteroatoms. The number of para-hydroxylation sites is 1. The number of nitrogens with one attached hydrogen (secondary N) is 2. The number of alkyl halides is 3. The molecule has 37 heavy (non-hydrogen) atoms. The summed E-state index contributed by atoms with van der Waals surface area (Å²) in [5.74, 6) is 6.47. The quantitative estimate of drug-likeness (QED) is 0.134. The van der Waals surface area contributed by atoms with Crippen molar-refractivity contribution < 1.29 is 17.9 Å². The standard InChI is InChI=1S/C23H28F3N7O.CH5N.CH4/c1-34-19-4-2-3-17(20(19)32-30)22(29)31-8-10-33-9-7-14-5-6-15(11-16(14)13-33)18(12-27)21(28)23(24,25)26;1-2;/h2-6,11-12,27,32H,7-10,13,28,30H2,1H3,(H2,29,31);2H2,1H3;1H4/b21-18+,27-12?;;. The van der Waals surface area contributed by atoms with Crippen LogP contribution in [0.5, 0.6) is 5.75 Å². The third-order valence-corrected chi connectivity index (χ3v) is 5.71. The molecule has 204 valence electrons. The van der Waals surface area contributed by atoms with Gasteiger partial charge in [0.2, 0.25) is 0 Å². The predicted octanol–water partition coefficient (Wildman–Crippen LogP) is 2.84. The average molecular weight is 523 g/mol. The zero-order chi connectivity index (χ0) is 26.9. The number of nitrogens with zero attached hydrogens (tertiary/aromatic N) is 2. The molecule has 0 amide bonds. The van der Waals surface area contributed by atoms with Gasteiger partial charge in [-0.3, -0.25) is 15.7 Å². The molecule has 2 aromatic rings. The summed E-state index contributed by atoms with van der Waals surface area (Å²) in [6, 6.07) is 10.4. The number of rotatable bonds is 8. The van der Waals surface area contributed by atoms with E-state index in [9.17, 15) is 13.2 Å². The molecule has 0 atom stereocenters. The summed E-state index contributed by atoms with van der Waals surface area (Å²) in [5.41, 5.74) is 20.3. The van der Waals surface area contributed by atoms with Crippen LogP contribution < -0.4 is 33.2 Å². The van der Waals surface area contributed by atoms with Gasteiger partial charge >= 0.3 is 6.18 Å². The Labute approximate surface area is 215 Å². The van der Waals surface area contributed by atoms with Crippen LogP contribution in [0.3, 0.4) is 0 Å². The van der Waals surface area contributed by atoms with E-state index in [1.54, 1.807) is 36.4 Å². The minimum absolute atomic E-state index is 0. The van der Waals surface area contributed by atoms with E-state index in [4.69, 9.17) is 27.5 Å². The molecule has 0 spiro atoms. The van der Waals surface area contributed by atoms with Gasteiger partial charge < -0.3 is 32.8 Å². The van der Waals surface area contributed by atoms with Crippen LogP contribution in [0.25, 0.3) is 5.57 Å². The Hall–Kier alpha value is -3.61. The lowest BCUT2D eigenvalue weighted by molar-refractivity contribution is -0.0918. The summed E-state index contributed by atoms with van der Waals surface area (Å²) in [6.07, 6.45) is -3.30. The number of ether oxygens (including phenoxy) is 1. The molecule has 0 aliphatic carbocycles. The van der Waals surface area contributed by atoms with Gasteiger partial charge in [-0.05, 0) is 48.4 Å². The summed E-state index contributed by atoms with van der Waals surface area (Å²) in [6.45, 7) is 2.37. The molecule has 3 rings (SSSR count). The van der Waals surface area contributed by atoms with Gasteiger partial charge in [-0.25, -0.2) is 0 Å². The number of amidine groups is 1. The van der Waals surface area contributed by atoms with Gasteiger partial charge in [0.15, 0.2) is 0 Å². The molecular weight excluding hydrogens is 485 g/mol. The van der Waals surface area contributed by atoms with Gasteiger partial charge in [0, 0.05) is 37.0 Å². The molecule has 1 aliphatic rings. The topological polar surface area (TPSA) is 165 Å². The van der Waals surface area contributed by atoms with E-state index < -0.39 is 11.9 Å². The number of benzene rings is 2. The molecule has 1 heterocycles. The molecular formula is C25H37F3N8O. The Morgan fingerprint density at radius 1 is 1.19 bits per heavy atom. The minimum atomic E-state index is -4.70. The maximum absolute atomic E-state index is 13.1. The van der Waals surface area contributed by atoms with Crippen LogP contribution in [0, 0.1) is 5.41 Å². The van der Waals surface area contributed by atoms with Crippen LogP contribution in [0.1, 0.15) is 29.7 Å². The molecule has 9 nitrogen and oxygen atoms in total. The zero-order valence-corrected chi connectivity index (χ0v) is 20.3. The molecule has 0 aromatic heterocycles. The highest BCUT2D eigenvalue weighted by molar-refractivity contribution is 6.09. The molecule has 0 unspecified atom stereocenters. The second-order valence-electron chi connectivity index (χ2n) is 7.77. The normalized spacial score (nSPS) is 14.3. The second kappa shape index (κ2) is 14.2. The van der Waals surface area contributed by atoms with Gasteiger partial charge in [0.1, 0.15) is 23.0 Å². The Bertz CT molecular complexity index is 1120. The number of allylic oxidation sites excluding steroid dienone is 2. The van der Waals surface area contributed by atoms with E-state index >= 15 is 0 Å². The third kappa shape index (κ3) is 7.68. The highest BCUT2D eigenvalue weighted by atomic mass is 19.4. The SMILES string of the molecule is C.CN.COc1cccc(C(N)=NCCN2CCc3ccc(/C(C=N)=C(/N)C(F)(F)F)cc3C2)c1NN. The van der Waals surface area contributed by atoms with Crippen LogP contribution in [-0.2, 0) is 13.0 Å². The number of nitrogens with two attached hydrogens (primary N) is 4. The maximum Gasteiger partial charge on any atom is 0.431 e. The maximum atomic E-state index is 13.1. The number of hydrogen-bond acceptors (Lipinski definition) is 8. The molecule has 0 radical (unpaired) electrons. The van der Waals surface area contributed by atoms with E-state index in [2.05, 4.69) is 21.1 Å². The molecule has 0 bridgehead atoms. The van der Waals surface area contributed by atoms with E-state index in [1.165, 1.54) is 14.2 Å². The first-order valence-corrected chi connectivity index (χ1v) is 11.1. The number of halogens is 3. The van der Waals surface area contributed by atoms with E-state index in [1.807, 2.05) is 0 Å². The Morgan fingerprint density at radius 2 is 1.89 bits per heavy atom. The van der Waals surface area contributed by atoms with E-state index in [-0.39, 0.29) is 18.6 Å². The Morgan fingerprint density at radius 3 is 2.49 bits per heavy atom. The lowest BCUT2D eigenvalue weighted by Gasteiger charge is -2.28. The van der Waals surface area contributed by atoms with E-state index in [0.29, 0.717) is 48.7 Å². The monoisotopic (exact) mass is 522 g/mol. The number of nitrogen functional groups attached to an aromatic ring is 1. The molecule has 10 N–H and O–H groups in total. The van der Waals surface area contributed by atoms with Gasteiger partial charge in [-0.15, -0.1) is 0 Å². The highest BCUT2D eigenvalue weighted by Crippen LogP contribution is 2.30. The lowest BCUT2D eigenvalue weighted by atomic mass is 9.94. The van der Waals surface area contributed by atoms with Crippen LogP contribution in [0.4, 0.5) is 18.9 Å². The number of methoxy groups -OCH3 is 1. The third-order valence-electron chi connectivity index (χ3n) is 5.71. The first-order valence-electron chi connectivity index (χ1n) is 11.1. The van der Waals surface area contributed by atoms with Gasteiger partial charge in [-0.1, -0.05) is 25.6 Å². The Balaban J connectivity index is 0.00000223. The van der Waals surface area contributed by atoms with Crippen molar-refractivity contribution in [3.05, 3.63) is 64.3 Å². The van der Waals surface area contributed by atoms with Crippen molar-refractivity contribution in [1.29, 1.82) is 5.41 Å². The van der Waals surface area contributed by atoms with Gasteiger partial charge in [0.25, 0.3) is 0 Å². The first-order chi connectivity index (χ1) is 17.2. The predicted molar refractivity (Wildman–Crippen MR) is 145 cm³/mol. The van der Waals surface area contributed by atoms with Crippen molar-refractivity contribution in [2.75, 3.05) is 39.2 Å². The van der Waals surface area contributed by atoms with Crippen LogP contribution in [0.15, 0.2) is 47.1 Å². The number of hydrazine groups is 1. The Kier molecular flexibility index (Phi) is 12.1. The molecule has 0 saturated carbocycles. The number of fused-ring (bicyclic) bond motifs is 1. The van der Waals surface area contributed by atoms with Gasteiger partial charge in [-0.2, -0.15) is 13.2 Å². The van der Waals surface area contributed by atoms with Crippen LogP contribution in [0.2, 0.25) is 0 Å². The van der Waals surface area contributed by atoms with Crippen molar-refractivity contribution in [2.45, 2.75) is 26.6 Å². The smallest absolute Gasteiger partial charge is 0.431 e. The van der Waals surface area contributed by atoms with Crippen molar-refractivity contribution >= 4 is 23.3 Å². The van der Waals surface area contributed by atoms with Crippen LogP contribution in [-0.4, -0.2) is 56.9 Å². The van der Waals surface area contributed by atoms with Crippen molar-refractivity contribution in [3.8, 4) is 5.75 Å². The number of anilines is 1. The molecule has 0 saturated heterocycles. The molecule has 0 fully saturated rings. The summed E-state index contributed by atoms with van der Waals surface area (Å²) >= 11 is 0. The second-order valence-corrected chi connectivity index (χ2v) is 7.77. The molecule has 2 aromatic carbocycles. The van der Waals surface area contributed by atoms with Gasteiger partial charge in [0.05, 0.1) is 13.7 Å². The fraction of sp³-hybridized carbons (Fsp3) is 0.360. The molecule has 1 aliphatic heterocycles. The fourth-order valence-corrected chi connectivity index (χ4v) is 3.90. The van der Waals surface area contributed by atoms with E-state index in [0.717, 1.165) is 24.1 Å². The summed E-state index contributed by atoms with van der Waals surface area (Å²) in [5, 5.41) is 7.42. The fourth-order valence-electron chi connectivity index (χ4n) is 3.90. The summed E-state index contributed by atoms with van der Waals surface area (Å²) in [4.78, 5) is 6.61. The van der Waals surface area contributed by atoms with Crippen molar-refractivity contribution in [2.24, 2.45) is 28.0 Å².